The van der Waals surface area contributed by atoms with Crippen molar-refractivity contribution >= 4 is 23.0 Å². The van der Waals surface area contributed by atoms with Gasteiger partial charge in [-0.05, 0) is 0 Å². The number of aliphatic carboxylic acids is 1. The molecule has 5 atom stereocenters. The van der Waals surface area contributed by atoms with Crippen molar-refractivity contribution in [3.63, 3.8) is 0 Å². The van der Waals surface area contributed by atoms with E-state index in [0.29, 0.717) is 0 Å². The van der Waals surface area contributed by atoms with Crippen molar-refractivity contribution in [2.45, 2.75) is 43.5 Å². The normalized spacial score (nSPS) is 34.8. The van der Waals surface area contributed by atoms with Gasteiger partial charge in [0, 0.05) is 5.41 Å². The molecule has 142 valence electrons. The van der Waals surface area contributed by atoms with Gasteiger partial charge in [0.15, 0.2) is 23.8 Å². The SMILES string of the molecule is CC1(C)[C@]2(O)[C@H](n3cnc4c(N)nc(C#N)nc43)O[C@H](C(O)C(=O)O)[C@]12O. The van der Waals surface area contributed by atoms with Crippen molar-refractivity contribution in [3.05, 3.63) is 12.2 Å². The standard InChI is InChI=1S/C15H16N6O6/c1-13(2)14(25)8(7(22)11(23)24)27-12(15(13,14)26)21-4-18-6-9(17)19-5(3-16)20-10(6)21/h4,7-8,12,22,25-26H,1-2H3,(H,23,24)(H2,17,19,20)/t7?,8-,12-,14+,15-/m1/s1. The topological polar surface area (TPSA) is 201 Å². The van der Waals surface area contributed by atoms with Crippen LogP contribution in [0.15, 0.2) is 6.33 Å². The summed E-state index contributed by atoms with van der Waals surface area (Å²) in [6, 6.07) is 1.75. The number of anilines is 1. The molecule has 1 saturated carbocycles. The maximum absolute atomic E-state index is 11.2. The molecule has 12 heteroatoms. The van der Waals surface area contributed by atoms with Crippen molar-refractivity contribution < 1.29 is 30.0 Å². The van der Waals surface area contributed by atoms with Gasteiger partial charge in [0.05, 0.1) is 6.33 Å². The maximum atomic E-state index is 11.2. The number of carbonyl (C=O) groups is 1. The van der Waals surface area contributed by atoms with E-state index in [1.165, 1.54) is 24.7 Å². The Morgan fingerprint density at radius 1 is 1.41 bits per heavy atom. The Morgan fingerprint density at radius 3 is 2.67 bits per heavy atom. The summed E-state index contributed by atoms with van der Waals surface area (Å²) in [6.07, 6.45) is -3.78. The molecule has 2 aliphatic rings. The molecule has 0 spiro atoms. The number of nitrogens with zero attached hydrogens (tertiary/aromatic N) is 5. The largest absolute Gasteiger partial charge is 0.479 e. The molecule has 2 fully saturated rings. The van der Waals surface area contributed by atoms with Gasteiger partial charge in [-0.15, -0.1) is 0 Å². The Kier molecular flexibility index (Phi) is 3.19. The van der Waals surface area contributed by atoms with Gasteiger partial charge in [-0.2, -0.15) is 15.2 Å². The van der Waals surface area contributed by atoms with Gasteiger partial charge in [-0.3, -0.25) is 4.57 Å². The van der Waals surface area contributed by atoms with E-state index >= 15 is 0 Å². The van der Waals surface area contributed by atoms with E-state index in [-0.39, 0.29) is 22.8 Å². The number of hydrogen-bond acceptors (Lipinski definition) is 10. The first kappa shape index (κ1) is 17.6. The summed E-state index contributed by atoms with van der Waals surface area (Å²) in [6.45, 7) is 3.04. The first-order valence-corrected chi connectivity index (χ1v) is 7.93. The second-order valence-electron chi connectivity index (χ2n) is 7.22. The molecule has 4 rings (SSSR count). The zero-order valence-electron chi connectivity index (χ0n) is 14.2. The molecule has 0 aromatic carbocycles. The molecule has 1 aliphatic heterocycles. The Bertz CT molecular complexity index is 1030. The zero-order valence-corrected chi connectivity index (χ0v) is 14.2. The van der Waals surface area contributed by atoms with E-state index in [1.54, 1.807) is 6.07 Å². The lowest BCUT2D eigenvalue weighted by Gasteiger charge is -2.28. The van der Waals surface area contributed by atoms with E-state index in [4.69, 9.17) is 20.8 Å². The Balaban J connectivity index is 1.89. The van der Waals surface area contributed by atoms with E-state index in [1.807, 2.05) is 0 Å². The number of fused-ring (bicyclic) bond motifs is 2. The number of rotatable bonds is 3. The van der Waals surface area contributed by atoms with Gasteiger partial charge in [0.25, 0.3) is 0 Å². The van der Waals surface area contributed by atoms with Gasteiger partial charge < -0.3 is 30.9 Å². The quantitative estimate of drug-likeness (QED) is 0.401. The van der Waals surface area contributed by atoms with Gasteiger partial charge in [0.1, 0.15) is 28.9 Å². The minimum absolute atomic E-state index is 0.0623. The highest BCUT2D eigenvalue weighted by Gasteiger charge is 2.93. The van der Waals surface area contributed by atoms with Crippen LogP contribution in [0.1, 0.15) is 25.9 Å². The fourth-order valence-electron chi connectivity index (χ4n) is 4.16. The lowest BCUT2D eigenvalue weighted by Crippen LogP contribution is -2.46. The van der Waals surface area contributed by atoms with Crippen LogP contribution in [0.25, 0.3) is 11.2 Å². The highest BCUT2D eigenvalue weighted by molar-refractivity contribution is 5.82. The summed E-state index contributed by atoms with van der Waals surface area (Å²) in [7, 11) is 0. The Hall–Kier alpha value is -2.85. The summed E-state index contributed by atoms with van der Waals surface area (Å²) >= 11 is 0. The van der Waals surface area contributed by atoms with Crippen molar-refractivity contribution in [2.75, 3.05) is 5.73 Å². The third-order valence-electron chi connectivity index (χ3n) is 5.81. The number of carboxylic acid groups (broad SMARTS) is 1. The lowest BCUT2D eigenvalue weighted by atomic mass is 9.97. The second-order valence-corrected chi connectivity index (χ2v) is 7.22. The smallest absolute Gasteiger partial charge is 0.335 e. The van der Waals surface area contributed by atoms with E-state index < -0.39 is 41.0 Å². The molecule has 12 nitrogen and oxygen atoms in total. The molecular weight excluding hydrogens is 360 g/mol. The first-order valence-electron chi connectivity index (χ1n) is 7.93. The first-order chi connectivity index (χ1) is 12.5. The van der Waals surface area contributed by atoms with Gasteiger partial charge in [-0.1, -0.05) is 13.8 Å². The number of carboxylic acids is 1. The number of hydrogen-bond donors (Lipinski definition) is 5. The Labute approximate surface area is 151 Å². The van der Waals surface area contributed by atoms with Gasteiger partial charge >= 0.3 is 5.97 Å². The number of aliphatic hydroxyl groups excluding tert-OH is 1. The summed E-state index contributed by atoms with van der Waals surface area (Å²) < 4.78 is 6.80. The number of nitriles is 1. The molecule has 0 bridgehead atoms. The van der Waals surface area contributed by atoms with Gasteiger partial charge in [-0.25, -0.2) is 9.78 Å². The fraction of sp³-hybridized carbons (Fsp3) is 0.533. The summed E-state index contributed by atoms with van der Waals surface area (Å²) in [5.74, 6) is -1.90. The predicted octanol–water partition coefficient (Wildman–Crippen LogP) is -1.87. The summed E-state index contributed by atoms with van der Waals surface area (Å²) in [5, 5.41) is 50.3. The minimum Gasteiger partial charge on any atom is -0.479 e. The zero-order chi connectivity index (χ0) is 19.9. The molecular formula is C15H16N6O6. The van der Waals surface area contributed by atoms with Crippen LogP contribution in [0.2, 0.25) is 0 Å². The summed E-state index contributed by atoms with van der Waals surface area (Å²) in [5.41, 5.74) is 0.789. The van der Waals surface area contributed by atoms with Crippen molar-refractivity contribution in [2.24, 2.45) is 5.41 Å². The second kappa shape index (κ2) is 4.90. The van der Waals surface area contributed by atoms with Crippen LogP contribution in [-0.2, 0) is 9.53 Å². The predicted molar refractivity (Wildman–Crippen MR) is 85.7 cm³/mol. The third kappa shape index (κ3) is 1.74. The van der Waals surface area contributed by atoms with Crippen molar-refractivity contribution in [1.82, 2.24) is 19.5 Å². The molecule has 3 heterocycles. The van der Waals surface area contributed by atoms with Crippen LogP contribution in [-0.4, -0.2) is 69.3 Å². The van der Waals surface area contributed by atoms with E-state index in [0.717, 1.165) is 0 Å². The van der Waals surface area contributed by atoms with Crippen molar-refractivity contribution in [3.8, 4) is 6.07 Å². The number of ether oxygens (including phenoxy) is 1. The average molecular weight is 376 g/mol. The number of aliphatic hydroxyl groups is 3. The number of aromatic nitrogens is 4. The fourth-order valence-corrected chi connectivity index (χ4v) is 4.16. The maximum Gasteiger partial charge on any atom is 0.335 e. The summed E-state index contributed by atoms with van der Waals surface area (Å²) in [4.78, 5) is 23.1. The highest BCUT2D eigenvalue weighted by atomic mass is 16.6. The van der Waals surface area contributed by atoms with E-state index in [9.17, 15) is 20.1 Å². The van der Waals surface area contributed by atoms with Crippen LogP contribution in [0.5, 0.6) is 0 Å². The monoisotopic (exact) mass is 376 g/mol. The number of nitrogens with two attached hydrogens (primary N) is 1. The molecule has 27 heavy (non-hydrogen) atoms. The molecule has 1 unspecified atom stereocenters. The van der Waals surface area contributed by atoms with Crippen LogP contribution < -0.4 is 5.73 Å². The molecule has 1 saturated heterocycles. The number of imidazole rings is 1. The number of nitrogen functional groups attached to an aromatic ring is 1. The minimum atomic E-state index is -2.07. The molecule has 0 radical (unpaired) electrons. The molecule has 2 aromatic rings. The third-order valence-corrected chi connectivity index (χ3v) is 5.81. The van der Waals surface area contributed by atoms with Gasteiger partial charge in [0.2, 0.25) is 5.82 Å². The lowest BCUT2D eigenvalue weighted by molar-refractivity contribution is -0.174. The van der Waals surface area contributed by atoms with E-state index in [2.05, 4.69) is 15.0 Å². The van der Waals surface area contributed by atoms with Crippen LogP contribution in [0.4, 0.5) is 5.82 Å². The van der Waals surface area contributed by atoms with Crippen LogP contribution >= 0.6 is 0 Å². The molecule has 1 aliphatic carbocycles. The molecule has 2 aromatic heterocycles. The van der Waals surface area contributed by atoms with Crippen LogP contribution in [0.3, 0.4) is 0 Å². The molecule has 6 N–H and O–H groups in total. The van der Waals surface area contributed by atoms with Crippen LogP contribution in [0, 0.1) is 16.7 Å². The van der Waals surface area contributed by atoms with Crippen molar-refractivity contribution in [1.29, 1.82) is 5.26 Å². The molecule has 0 amide bonds. The Morgan fingerprint density at radius 2 is 2.07 bits per heavy atom. The average Bonchev–Trinajstić information content (AvgIpc) is 2.98. The highest BCUT2D eigenvalue weighted by Crippen LogP contribution is 2.75.